The van der Waals surface area contributed by atoms with Crippen molar-refractivity contribution in [3.05, 3.63) is 16.8 Å². The molecule has 0 aromatic carbocycles. The molecule has 0 radical (unpaired) electrons. The predicted octanol–water partition coefficient (Wildman–Crippen LogP) is -0.541. The first-order valence-corrected chi connectivity index (χ1v) is 8.45. The SMILES string of the molecule is Cc1nnc(N2CCN(S(C)(=O)=O)CC2)c(C(=N)N)c1C. The lowest BCUT2D eigenvalue weighted by Gasteiger charge is -2.34. The van der Waals surface area contributed by atoms with Gasteiger partial charge in [-0.15, -0.1) is 5.10 Å². The molecular formula is C12H20N6O2S. The molecule has 1 aromatic rings. The Morgan fingerprint density at radius 3 is 2.24 bits per heavy atom. The van der Waals surface area contributed by atoms with Gasteiger partial charge in [0.15, 0.2) is 5.82 Å². The number of hydrogen-bond acceptors (Lipinski definition) is 6. The van der Waals surface area contributed by atoms with Gasteiger partial charge in [0.25, 0.3) is 0 Å². The molecule has 21 heavy (non-hydrogen) atoms. The Morgan fingerprint density at radius 1 is 1.19 bits per heavy atom. The fraction of sp³-hybridized carbons (Fsp3) is 0.583. The molecule has 0 amide bonds. The number of anilines is 1. The molecule has 2 rings (SSSR count). The van der Waals surface area contributed by atoms with Gasteiger partial charge < -0.3 is 10.6 Å². The van der Waals surface area contributed by atoms with Gasteiger partial charge in [-0.25, -0.2) is 8.42 Å². The number of nitrogens with two attached hydrogens (primary N) is 1. The number of amidine groups is 1. The Bertz CT molecular complexity index is 665. The number of hydrogen-bond donors (Lipinski definition) is 2. The molecule has 1 saturated heterocycles. The summed E-state index contributed by atoms with van der Waals surface area (Å²) in [6.07, 6.45) is 1.21. The van der Waals surface area contributed by atoms with Gasteiger partial charge in [-0.1, -0.05) is 0 Å². The van der Waals surface area contributed by atoms with E-state index in [9.17, 15) is 8.42 Å². The largest absolute Gasteiger partial charge is 0.384 e. The van der Waals surface area contributed by atoms with Crippen molar-refractivity contribution in [1.82, 2.24) is 14.5 Å². The zero-order valence-corrected chi connectivity index (χ0v) is 13.2. The van der Waals surface area contributed by atoms with Crippen LogP contribution in [-0.4, -0.2) is 61.2 Å². The average molecular weight is 312 g/mol. The Balaban J connectivity index is 2.29. The Morgan fingerprint density at radius 2 is 1.76 bits per heavy atom. The highest BCUT2D eigenvalue weighted by Gasteiger charge is 2.27. The minimum Gasteiger partial charge on any atom is -0.384 e. The fourth-order valence-electron chi connectivity index (χ4n) is 2.37. The van der Waals surface area contributed by atoms with Crippen LogP contribution in [0.4, 0.5) is 5.82 Å². The summed E-state index contributed by atoms with van der Waals surface area (Å²) in [6, 6.07) is 0. The molecule has 9 heteroatoms. The first kappa shape index (κ1) is 15.6. The zero-order valence-electron chi connectivity index (χ0n) is 12.4. The standard InChI is InChI=1S/C12H20N6O2S/c1-8-9(2)15-16-12(10(8)11(13)14)17-4-6-18(7-5-17)21(3,19)20/h4-7H2,1-3H3,(H3,13,14). The molecule has 3 N–H and O–H groups in total. The van der Waals surface area contributed by atoms with Crippen LogP contribution in [0.1, 0.15) is 16.8 Å². The highest BCUT2D eigenvalue weighted by Crippen LogP contribution is 2.23. The molecule has 0 bridgehead atoms. The minimum atomic E-state index is -3.17. The molecule has 0 unspecified atom stereocenters. The van der Waals surface area contributed by atoms with Crippen LogP contribution in [0.5, 0.6) is 0 Å². The van der Waals surface area contributed by atoms with E-state index in [2.05, 4.69) is 10.2 Å². The van der Waals surface area contributed by atoms with Crippen molar-refractivity contribution in [3.63, 3.8) is 0 Å². The van der Waals surface area contributed by atoms with E-state index in [-0.39, 0.29) is 5.84 Å². The number of aromatic nitrogens is 2. The lowest BCUT2D eigenvalue weighted by atomic mass is 10.1. The zero-order chi connectivity index (χ0) is 15.8. The lowest BCUT2D eigenvalue weighted by molar-refractivity contribution is 0.386. The second kappa shape index (κ2) is 5.57. The van der Waals surface area contributed by atoms with Gasteiger partial charge in [-0.05, 0) is 19.4 Å². The molecule has 1 aliphatic rings. The van der Waals surface area contributed by atoms with E-state index in [1.165, 1.54) is 10.6 Å². The fourth-order valence-corrected chi connectivity index (χ4v) is 3.20. The van der Waals surface area contributed by atoms with Crippen LogP contribution in [0.2, 0.25) is 0 Å². The van der Waals surface area contributed by atoms with Crippen LogP contribution in [-0.2, 0) is 10.0 Å². The van der Waals surface area contributed by atoms with Gasteiger partial charge in [0.2, 0.25) is 10.0 Å². The van der Waals surface area contributed by atoms with Crippen LogP contribution in [0, 0.1) is 19.3 Å². The second-order valence-corrected chi connectivity index (χ2v) is 7.15. The average Bonchev–Trinajstić information content (AvgIpc) is 2.40. The first-order chi connectivity index (χ1) is 9.71. The van der Waals surface area contributed by atoms with Crippen LogP contribution in [0.3, 0.4) is 0 Å². The van der Waals surface area contributed by atoms with Crippen LogP contribution >= 0.6 is 0 Å². The number of sulfonamides is 1. The number of aryl methyl sites for hydroxylation is 1. The highest BCUT2D eigenvalue weighted by atomic mass is 32.2. The Hall–Kier alpha value is -1.74. The third-order valence-electron chi connectivity index (χ3n) is 3.71. The molecule has 0 spiro atoms. The van der Waals surface area contributed by atoms with Gasteiger partial charge >= 0.3 is 0 Å². The molecule has 0 atom stereocenters. The van der Waals surface area contributed by atoms with E-state index in [1.54, 1.807) is 0 Å². The maximum atomic E-state index is 11.5. The monoisotopic (exact) mass is 312 g/mol. The molecular weight excluding hydrogens is 292 g/mol. The predicted molar refractivity (Wildman–Crippen MR) is 81.2 cm³/mol. The quantitative estimate of drug-likeness (QED) is 0.572. The molecule has 1 aliphatic heterocycles. The minimum absolute atomic E-state index is 0.0500. The topological polar surface area (TPSA) is 116 Å². The summed E-state index contributed by atoms with van der Waals surface area (Å²) in [5.41, 5.74) is 7.82. The second-order valence-electron chi connectivity index (χ2n) is 5.17. The molecule has 2 heterocycles. The van der Waals surface area contributed by atoms with Gasteiger partial charge in [0.05, 0.1) is 17.5 Å². The summed E-state index contributed by atoms with van der Waals surface area (Å²) in [7, 11) is -3.17. The number of rotatable bonds is 3. The van der Waals surface area contributed by atoms with E-state index in [0.29, 0.717) is 37.6 Å². The highest BCUT2D eigenvalue weighted by molar-refractivity contribution is 7.88. The van der Waals surface area contributed by atoms with Crippen LogP contribution < -0.4 is 10.6 Å². The maximum Gasteiger partial charge on any atom is 0.211 e. The van der Waals surface area contributed by atoms with Crippen molar-refractivity contribution in [2.75, 3.05) is 37.3 Å². The van der Waals surface area contributed by atoms with Crippen molar-refractivity contribution in [3.8, 4) is 0 Å². The van der Waals surface area contributed by atoms with Crippen LogP contribution in [0.15, 0.2) is 0 Å². The summed E-state index contributed by atoms with van der Waals surface area (Å²) in [4.78, 5) is 1.93. The summed E-state index contributed by atoms with van der Waals surface area (Å²) in [6.45, 7) is 5.47. The third kappa shape index (κ3) is 3.13. The normalized spacial score (nSPS) is 17.0. The number of nitrogens with zero attached hydrogens (tertiary/aromatic N) is 4. The number of piperazine rings is 1. The summed E-state index contributed by atoms with van der Waals surface area (Å²) < 4.78 is 24.5. The molecule has 8 nitrogen and oxygen atoms in total. The van der Waals surface area contributed by atoms with Gasteiger partial charge in [0, 0.05) is 26.2 Å². The summed E-state index contributed by atoms with van der Waals surface area (Å²) in [5.74, 6) is 0.504. The van der Waals surface area contributed by atoms with Gasteiger partial charge in [-0.2, -0.15) is 9.40 Å². The van der Waals surface area contributed by atoms with Crippen molar-refractivity contribution in [1.29, 1.82) is 5.41 Å². The molecule has 0 saturated carbocycles. The van der Waals surface area contributed by atoms with E-state index < -0.39 is 10.0 Å². The van der Waals surface area contributed by atoms with E-state index >= 15 is 0 Å². The molecule has 0 aliphatic carbocycles. The number of nitrogen functional groups attached to an aromatic ring is 1. The van der Waals surface area contributed by atoms with E-state index in [1.807, 2.05) is 18.7 Å². The summed E-state index contributed by atoms with van der Waals surface area (Å²) in [5, 5.41) is 16.0. The smallest absolute Gasteiger partial charge is 0.211 e. The molecule has 116 valence electrons. The molecule has 1 fully saturated rings. The van der Waals surface area contributed by atoms with E-state index in [4.69, 9.17) is 11.1 Å². The van der Waals surface area contributed by atoms with Crippen molar-refractivity contribution in [2.24, 2.45) is 5.73 Å². The van der Waals surface area contributed by atoms with Crippen molar-refractivity contribution < 1.29 is 8.42 Å². The van der Waals surface area contributed by atoms with Crippen molar-refractivity contribution >= 4 is 21.7 Å². The molecule has 1 aromatic heterocycles. The summed E-state index contributed by atoms with van der Waals surface area (Å²) >= 11 is 0. The lowest BCUT2D eigenvalue weighted by Crippen LogP contribution is -2.49. The van der Waals surface area contributed by atoms with Gasteiger partial charge in [-0.3, -0.25) is 5.41 Å². The van der Waals surface area contributed by atoms with Gasteiger partial charge in [0.1, 0.15) is 5.84 Å². The maximum absolute atomic E-state index is 11.5. The van der Waals surface area contributed by atoms with E-state index in [0.717, 1.165) is 11.3 Å². The number of nitrogens with one attached hydrogen (secondary N) is 1. The Labute approximate surface area is 124 Å². The van der Waals surface area contributed by atoms with Crippen molar-refractivity contribution in [2.45, 2.75) is 13.8 Å². The first-order valence-electron chi connectivity index (χ1n) is 6.60. The van der Waals surface area contributed by atoms with Crippen LogP contribution in [0.25, 0.3) is 0 Å². The Kier molecular flexibility index (Phi) is 4.15. The third-order valence-corrected chi connectivity index (χ3v) is 5.02.